The lowest BCUT2D eigenvalue weighted by Gasteiger charge is -2.12. The first-order valence-electron chi connectivity index (χ1n) is 6.57. The fraction of sp³-hybridized carbons (Fsp3) is 0.533. The van der Waals surface area contributed by atoms with Gasteiger partial charge in [0.15, 0.2) is 0 Å². The van der Waals surface area contributed by atoms with Gasteiger partial charge in [0.2, 0.25) is 5.90 Å². The van der Waals surface area contributed by atoms with Gasteiger partial charge in [0.1, 0.15) is 12.4 Å². The number of ether oxygens (including phenoxy) is 2. The second kappa shape index (κ2) is 5.61. The molecule has 0 radical (unpaired) electrons. The van der Waals surface area contributed by atoms with Crippen molar-refractivity contribution in [2.75, 3.05) is 20.3 Å². The molecule has 0 spiro atoms. The number of para-hydroxylation sites is 1. The van der Waals surface area contributed by atoms with E-state index in [9.17, 15) is 0 Å². The molecular formula is C15H21NO3. The molecule has 4 nitrogen and oxygen atoms in total. The van der Waals surface area contributed by atoms with Crippen molar-refractivity contribution in [3.05, 3.63) is 29.3 Å². The van der Waals surface area contributed by atoms with Gasteiger partial charge in [-0.1, -0.05) is 12.1 Å². The molecule has 19 heavy (non-hydrogen) atoms. The van der Waals surface area contributed by atoms with Crippen molar-refractivity contribution in [2.24, 2.45) is 4.99 Å². The van der Waals surface area contributed by atoms with Crippen LogP contribution in [0, 0.1) is 0 Å². The summed E-state index contributed by atoms with van der Waals surface area (Å²) >= 11 is 0. The third-order valence-corrected chi connectivity index (χ3v) is 3.10. The van der Waals surface area contributed by atoms with Crippen molar-refractivity contribution in [1.82, 2.24) is 0 Å². The zero-order valence-electron chi connectivity index (χ0n) is 11.8. The van der Waals surface area contributed by atoms with Gasteiger partial charge in [-0.2, -0.15) is 0 Å². The maximum Gasteiger partial charge on any atom is 0.220 e. The van der Waals surface area contributed by atoms with Gasteiger partial charge in [0.05, 0.1) is 18.2 Å². The zero-order chi connectivity index (χ0) is 13.9. The number of benzene rings is 1. The average Bonchev–Trinajstić information content (AvgIpc) is 2.76. The largest absolute Gasteiger partial charge is 0.496 e. The number of aliphatic hydroxyl groups is 1. The van der Waals surface area contributed by atoms with Crippen molar-refractivity contribution in [3.8, 4) is 5.75 Å². The van der Waals surface area contributed by atoms with Gasteiger partial charge in [-0.3, -0.25) is 0 Å². The molecular weight excluding hydrogens is 242 g/mol. The summed E-state index contributed by atoms with van der Waals surface area (Å²) in [5.74, 6) is 1.44. The maximum absolute atomic E-state index is 8.95. The number of methoxy groups -OCH3 is 1. The zero-order valence-corrected chi connectivity index (χ0v) is 11.8. The fourth-order valence-corrected chi connectivity index (χ4v) is 2.18. The van der Waals surface area contributed by atoms with Crippen LogP contribution in [0.1, 0.15) is 31.4 Å². The summed E-state index contributed by atoms with van der Waals surface area (Å²) in [6.45, 7) is 4.86. The first-order chi connectivity index (χ1) is 9.07. The number of nitrogens with zero attached hydrogens (tertiary/aromatic N) is 1. The summed E-state index contributed by atoms with van der Waals surface area (Å²) in [5.41, 5.74) is 1.79. The Morgan fingerprint density at radius 1 is 1.42 bits per heavy atom. The molecule has 4 heteroatoms. The third-order valence-electron chi connectivity index (χ3n) is 3.10. The van der Waals surface area contributed by atoms with E-state index in [2.05, 4.69) is 4.99 Å². The van der Waals surface area contributed by atoms with Crippen molar-refractivity contribution >= 4 is 5.90 Å². The van der Waals surface area contributed by atoms with E-state index in [1.54, 1.807) is 7.11 Å². The van der Waals surface area contributed by atoms with E-state index >= 15 is 0 Å². The Morgan fingerprint density at radius 2 is 2.21 bits per heavy atom. The number of hydrogen-bond donors (Lipinski definition) is 1. The molecule has 0 aromatic heterocycles. The highest BCUT2D eigenvalue weighted by atomic mass is 16.5. The molecule has 104 valence electrons. The van der Waals surface area contributed by atoms with Crippen LogP contribution in [0.25, 0.3) is 0 Å². The van der Waals surface area contributed by atoms with Gasteiger partial charge < -0.3 is 14.6 Å². The molecule has 0 unspecified atom stereocenters. The molecule has 0 bridgehead atoms. The highest BCUT2D eigenvalue weighted by molar-refractivity contribution is 5.98. The predicted molar refractivity (Wildman–Crippen MR) is 75.0 cm³/mol. The third kappa shape index (κ3) is 3.07. The minimum absolute atomic E-state index is 0.178. The predicted octanol–water partition coefficient (Wildman–Crippen LogP) is 2.18. The molecule has 1 aromatic carbocycles. The van der Waals surface area contributed by atoms with Crippen LogP contribution in [0.15, 0.2) is 23.2 Å². The van der Waals surface area contributed by atoms with Crippen molar-refractivity contribution in [1.29, 1.82) is 0 Å². The van der Waals surface area contributed by atoms with Crippen molar-refractivity contribution in [3.63, 3.8) is 0 Å². The van der Waals surface area contributed by atoms with Gasteiger partial charge in [-0.15, -0.1) is 0 Å². The Balaban J connectivity index is 2.35. The minimum Gasteiger partial charge on any atom is -0.496 e. The lowest BCUT2D eigenvalue weighted by molar-refractivity contribution is 0.278. The molecule has 0 saturated heterocycles. The first-order valence-corrected chi connectivity index (χ1v) is 6.57. The summed E-state index contributed by atoms with van der Waals surface area (Å²) in [6, 6.07) is 5.95. The summed E-state index contributed by atoms with van der Waals surface area (Å²) in [6.07, 6.45) is 1.50. The second-order valence-corrected chi connectivity index (χ2v) is 5.34. The van der Waals surface area contributed by atoms with Crippen LogP contribution in [0.2, 0.25) is 0 Å². The van der Waals surface area contributed by atoms with E-state index in [1.165, 1.54) is 0 Å². The Bertz CT molecular complexity index is 480. The molecule has 1 aliphatic heterocycles. The molecule has 1 aromatic rings. The summed E-state index contributed by atoms with van der Waals surface area (Å²) in [7, 11) is 1.65. The summed E-state index contributed by atoms with van der Waals surface area (Å²) < 4.78 is 11.2. The molecule has 1 N–H and O–H groups in total. The van der Waals surface area contributed by atoms with Crippen LogP contribution >= 0.6 is 0 Å². The topological polar surface area (TPSA) is 51.0 Å². The first kappa shape index (κ1) is 13.9. The Labute approximate surface area is 114 Å². The Hall–Kier alpha value is -1.55. The van der Waals surface area contributed by atoms with E-state index in [-0.39, 0.29) is 12.1 Å². The molecule has 0 aliphatic carbocycles. The number of aryl methyl sites for hydroxylation is 1. The van der Waals surface area contributed by atoms with Crippen LogP contribution in [0.4, 0.5) is 0 Å². The molecule has 1 heterocycles. The number of aliphatic imine (C=N–C) groups is 1. The van der Waals surface area contributed by atoms with E-state index in [0.717, 1.165) is 29.7 Å². The van der Waals surface area contributed by atoms with Crippen LogP contribution in [-0.2, 0) is 11.2 Å². The lowest BCUT2D eigenvalue weighted by Crippen LogP contribution is -2.17. The summed E-state index contributed by atoms with van der Waals surface area (Å²) in [4.78, 5) is 4.59. The standard InChI is InChI=1S/C15H21NO3/c1-15(2)10-19-14(16-15)12-8-4-6-11(7-5-9-17)13(12)18-3/h4,6,8,17H,5,7,9-10H2,1-3H3. The Kier molecular flexibility index (Phi) is 4.10. The van der Waals surface area contributed by atoms with E-state index < -0.39 is 0 Å². The molecule has 1 aliphatic rings. The Morgan fingerprint density at radius 3 is 2.79 bits per heavy atom. The van der Waals surface area contributed by atoms with Crippen molar-refractivity contribution in [2.45, 2.75) is 32.2 Å². The van der Waals surface area contributed by atoms with Crippen LogP contribution in [0.5, 0.6) is 5.75 Å². The molecule has 0 atom stereocenters. The van der Waals surface area contributed by atoms with E-state index in [0.29, 0.717) is 12.5 Å². The van der Waals surface area contributed by atoms with Gasteiger partial charge in [0, 0.05) is 6.61 Å². The van der Waals surface area contributed by atoms with Crippen LogP contribution < -0.4 is 4.74 Å². The quantitative estimate of drug-likeness (QED) is 0.885. The monoisotopic (exact) mass is 263 g/mol. The van der Waals surface area contributed by atoms with Crippen molar-refractivity contribution < 1.29 is 14.6 Å². The van der Waals surface area contributed by atoms with Crippen LogP contribution in [-0.4, -0.2) is 36.9 Å². The second-order valence-electron chi connectivity index (χ2n) is 5.34. The SMILES string of the molecule is COc1c(CCCO)cccc1C1=NC(C)(C)CO1. The van der Waals surface area contributed by atoms with Gasteiger partial charge in [-0.05, 0) is 38.3 Å². The molecule has 2 rings (SSSR count). The van der Waals surface area contributed by atoms with E-state index in [1.807, 2.05) is 32.0 Å². The number of rotatable bonds is 5. The molecule has 0 fully saturated rings. The van der Waals surface area contributed by atoms with Crippen LogP contribution in [0.3, 0.4) is 0 Å². The average molecular weight is 263 g/mol. The van der Waals surface area contributed by atoms with E-state index in [4.69, 9.17) is 14.6 Å². The molecule has 0 saturated carbocycles. The minimum atomic E-state index is -0.179. The maximum atomic E-state index is 8.95. The van der Waals surface area contributed by atoms with Gasteiger partial charge >= 0.3 is 0 Å². The lowest BCUT2D eigenvalue weighted by atomic mass is 10.0. The highest BCUT2D eigenvalue weighted by Crippen LogP contribution is 2.29. The highest BCUT2D eigenvalue weighted by Gasteiger charge is 2.29. The number of hydrogen-bond acceptors (Lipinski definition) is 4. The smallest absolute Gasteiger partial charge is 0.220 e. The van der Waals surface area contributed by atoms with Gasteiger partial charge in [-0.25, -0.2) is 4.99 Å². The summed E-state index contributed by atoms with van der Waals surface area (Å²) in [5, 5.41) is 8.95. The normalized spacial score (nSPS) is 16.9. The molecule has 0 amide bonds. The fourth-order valence-electron chi connectivity index (χ4n) is 2.18. The number of aliphatic hydroxyl groups excluding tert-OH is 1. The van der Waals surface area contributed by atoms with Gasteiger partial charge in [0.25, 0.3) is 0 Å².